The van der Waals surface area contributed by atoms with Gasteiger partial charge in [-0.25, -0.2) is 0 Å². The van der Waals surface area contributed by atoms with Crippen LogP contribution in [0.1, 0.15) is 13.3 Å². The van der Waals surface area contributed by atoms with Gasteiger partial charge in [0.05, 0.1) is 5.69 Å². The highest BCUT2D eigenvalue weighted by Crippen LogP contribution is 2.34. The quantitative estimate of drug-likeness (QED) is 0.857. The number of rotatable bonds is 3. The monoisotopic (exact) mass is 381 g/mol. The second-order valence-electron chi connectivity index (χ2n) is 6.11. The molecule has 0 bridgehead atoms. The Morgan fingerprint density at radius 3 is 2.96 bits per heavy atom. The minimum absolute atomic E-state index is 0.0401. The molecule has 2 aliphatic rings. The van der Waals surface area contributed by atoms with Crippen LogP contribution in [0.4, 0.5) is 5.69 Å². The predicted octanol–water partition coefficient (Wildman–Crippen LogP) is 1.37. The van der Waals surface area contributed by atoms with Crippen LogP contribution in [0.2, 0.25) is 0 Å². The van der Waals surface area contributed by atoms with E-state index in [1.54, 1.807) is 6.07 Å². The van der Waals surface area contributed by atoms with Crippen LogP contribution in [0.5, 0.6) is 5.75 Å². The Balaban J connectivity index is 1.77. The summed E-state index contributed by atoms with van der Waals surface area (Å²) in [6.45, 7) is 3.28. The molecule has 1 aromatic rings. The SMILES string of the molecule is CC1CC(CN)CN1C(=O)CN1C(=O)COc2cc(Br)ccc21. The van der Waals surface area contributed by atoms with E-state index in [9.17, 15) is 9.59 Å². The highest BCUT2D eigenvalue weighted by Gasteiger charge is 2.34. The number of amides is 2. The molecule has 6 nitrogen and oxygen atoms in total. The molecule has 2 heterocycles. The van der Waals surface area contributed by atoms with Crippen LogP contribution in [0.25, 0.3) is 0 Å². The number of nitrogens with zero attached hydrogens (tertiary/aromatic N) is 2. The van der Waals surface area contributed by atoms with Crippen LogP contribution in [0, 0.1) is 5.92 Å². The van der Waals surface area contributed by atoms with E-state index >= 15 is 0 Å². The van der Waals surface area contributed by atoms with E-state index in [2.05, 4.69) is 15.9 Å². The molecule has 0 radical (unpaired) electrons. The van der Waals surface area contributed by atoms with Crippen molar-refractivity contribution < 1.29 is 14.3 Å². The molecule has 2 amide bonds. The van der Waals surface area contributed by atoms with Crippen LogP contribution in [-0.4, -0.2) is 49.0 Å². The number of benzene rings is 1. The molecular formula is C16H20BrN3O3. The maximum Gasteiger partial charge on any atom is 0.265 e. The average molecular weight is 382 g/mol. The molecule has 0 aromatic heterocycles. The molecule has 1 saturated heterocycles. The summed E-state index contributed by atoms with van der Waals surface area (Å²) in [5.74, 6) is 0.714. The number of anilines is 1. The van der Waals surface area contributed by atoms with E-state index < -0.39 is 0 Å². The predicted molar refractivity (Wildman–Crippen MR) is 90.3 cm³/mol. The normalized spacial score (nSPS) is 23.7. The van der Waals surface area contributed by atoms with Crippen LogP contribution in [-0.2, 0) is 9.59 Å². The van der Waals surface area contributed by atoms with Crippen molar-refractivity contribution in [3.63, 3.8) is 0 Å². The third kappa shape index (κ3) is 3.21. The van der Waals surface area contributed by atoms with Crippen molar-refractivity contribution in [1.29, 1.82) is 0 Å². The standard InChI is InChI=1S/C16H20BrN3O3/c1-10-4-11(6-18)7-19(10)15(21)8-20-13-3-2-12(17)5-14(13)23-9-16(20)22/h2-3,5,10-11H,4,6-9,18H2,1H3. The molecule has 3 rings (SSSR count). The van der Waals surface area contributed by atoms with Gasteiger partial charge in [-0.3, -0.25) is 14.5 Å². The summed E-state index contributed by atoms with van der Waals surface area (Å²) >= 11 is 3.38. The summed E-state index contributed by atoms with van der Waals surface area (Å²) in [5.41, 5.74) is 6.36. The van der Waals surface area contributed by atoms with E-state index in [0.717, 1.165) is 10.9 Å². The van der Waals surface area contributed by atoms with Crippen LogP contribution >= 0.6 is 15.9 Å². The molecule has 23 heavy (non-hydrogen) atoms. The molecular weight excluding hydrogens is 362 g/mol. The maximum absolute atomic E-state index is 12.6. The van der Waals surface area contributed by atoms with Crippen molar-refractivity contribution in [3.8, 4) is 5.75 Å². The number of hydrogen-bond acceptors (Lipinski definition) is 4. The zero-order valence-corrected chi connectivity index (χ0v) is 14.6. The lowest BCUT2D eigenvalue weighted by atomic mass is 10.1. The fraction of sp³-hybridized carbons (Fsp3) is 0.500. The van der Waals surface area contributed by atoms with Crippen molar-refractivity contribution in [2.45, 2.75) is 19.4 Å². The first-order chi connectivity index (χ1) is 11.0. The summed E-state index contributed by atoms with van der Waals surface area (Å²) in [7, 11) is 0. The molecule has 1 fully saturated rings. The largest absolute Gasteiger partial charge is 0.482 e. The number of carbonyl (C=O) groups excluding carboxylic acids is 2. The number of likely N-dealkylation sites (tertiary alicyclic amines) is 1. The van der Waals surface area contributed by atoms with Crippen molar-refractivity contribution in [3.05, 3.63) is 22.7 Å². The first-order valence-electron chi connectivity index (χ1n) is 7.72. The molecule has 7 heteroatoms. The fourth-order valence-corrected chi connectivity index (χ4v) is 3.58. The first-order valence-corrected chi connectivity index (χ1v) is 8.51. The van der Waals surface area contributed by atoms with E-state index in [4.69, 9.17) is 10.5 Å². The second-order valence-corrected chi connectivity index (χ2v) is 7.03. The molecule has 124 valence electrons. The first kappa shape index (κ1) is 16.3. The van der Waals surface area contributed by atoms with Crippen LogP contribution in [0.3, 0.4) is 0 Å². The summed E-state index contributed by atoms with van der Waals surface area (Å²) in [6.07, 6.45) is 0.919. The summed E-state index contributed by atoms with van der Waals surface area (Å²) in [5, 5.41) is 0. The Bertz CT molecular complexity index is 637. The zero-order chi connectivity index (χ0) is 16.6. The number of hydrogen-bond donors (Lipinski definition) is 1. The summed E-state index contributed by atoms with van der Waals surface area (Å²) in [6, 6.07) is 5.60. The molecule has 2 N–H and O–H groups in total. The number of fused-ring (bicyclic) bond motifs is 1. The lowest BCUT2D eigenvalue weighted by Gasteiger charge is -2.31. The van der Waals surface area contributed by atoms with Crippen molar-refractivity contribution in [2.75, 3.05) is 31.1 Å². The van der Waals surface area contributed by atoms with Gasteiger partial charge in [-0.15, -0.1) is 0 Å². The Morgan fingerprint density at radius 1 is 1.48 bits per heavy atom. The number of halogens is 1. The van der Waals surface area contributed by atoms with E-state index in [-0.39, 0.29) is 31.0 Å². The van der Waals surface area contributed by atoms with E-state index in [1.165, 1.54) is 4.90 Å². The number of nitrogens with two attached hydrogens (primary N) is 1. The van der Waals surface area contributed by atoms with Gasteiger partial charge in [0.15, 0.2) is 6.61 Å². The highest BCUT2D eigenvalue weighted by atomic mass is 79.9. The number of carbonyl (C=O) groups is 2. The van der Waals surface area contributed by atoms with Gasteiger partial charge in [-0.05, 0) is 44.0 Å². The molecule has 0 saturated carbocycles. The van der Waals surface area contributed by atoms with E-state index in [1.807, 2.05) is 24.0 Å². The van der Waals surface area contributed by atoms with Crippen LogP contribution < -0.4 is 15.4 Å². The number of ether oxygens (including phenoxy) is 1. The highest BCUT2D eigenvalue weighted by molar-refractivity contribution is 9.10. The van der Waals surface area contributed by atoms with Crippen molar-refractivity contribution in [2.24, 2.45) is 11.7 Å². The topological polar surface area (TPSA) is 75.9 Å². The van der Waals surface area contributed by atoms with Crippen molar-refractivity contribution in [1.82, 2.24) is 4.90 Å². The smallest absolute Gasteiger partial charge is 0.265 e. The van der Waals surface area contributed by atoms with Gasteiger partial charge in [0.2, 0.25) is 5.91 Å². The Kier molecular flexibility index (Phi) is 4.59. The molecule has 0 spiro atoms. The average Bonchev–Trinajstić information content (AvgIpc) is 2.91. The molecule has 0 aliphatic carbocycles. The van der Waals surface area contributed by atoms with Gasteiger partial charge in [-0.2, -0.15) is 0 Å². The summed E-state index contributed by atoms with van der Waals surface area (Å²) < 4.78 is 6.32. The molecule has 1 aromatic carbocycles. The van der Waals surface area contributed by atoms with Crippen LogP contribution in [0.15, 0.2) is 22.7 Å². The third-order valence-electron chi connectivity index (χ3n) is 4.47. The fourth-order valence-electron chi connectivity index (χ4n) is 3.24. The van der Waals surface area contributed by atoms with Gasteiger partial charge in [0.1, 0.15) is 12.3 Å². The lowest BCUT2D eigenvalue weighted by molar-refractivity contribution is -0.132. The minimum atomic E-state index is -0.199. The lowest BCUT2D eigenvalue weighted by Crippen LogP contribution is -2.47. The molecule has 2 aliphatic heterocycles. The molecule has 2 unspecified atom stereocenters. The zero-order valence-electron chi connectivity index (χ0n) is 13.0. The second kappa shape index (κ2) is 6.49. The van der Waals surface area contributed by atoms with Gasteiger partial charge in [0.25, 0.3) is 5.91 Å². The third-order valence-corrected chi connectivity index (χ3v) is 4.97. The maximum atomic E-state index is 12.6. The minimum Gasteiger partial charge on any atom is -0.482 e. The van der Waals surface area contributed by atoms with Gasteiger partial charge >= 0.3 is 0 Å². The van der Waals surface area contributed by atoms with E-state index in [0.29, 0.717) is 30.4 Å². The van der Waals surface area contributed by atoms with Gasteiger partial charge in [0, 0.05) is 17.1 Å². The summed E-state index contributed by atoms with van der Waals surface area (Å²) in [4.78, 5) is 28.2. The van der Waals surface area contributed by atoms with Crippen molar-refractivity contribution >= 4 is 33.4 Å². The Hall–Kier alpha value is -1.60. The Labute approximate surface area is 143 Å². The van der Waals surface area contributed by atoms with Gasteiger partial charge < -0.3 is 15.4 Å². The Morgan fingerprint density at radius 2 is 2.26 bits per heavy atom. The molecule has 2 atom stereocenters. The van der Waals surface area contributed by atoms with Gasteiger partial charge in [-0.1, -0.05) is 15.9 Å².